The van der Waals surface area contributed by atoms with Gasteiger partial charge in [-0.05, 0) is 43.0 Å². The molecule has 1 aliphatic rings. The van der Waals surface area contributed by atoms with Gasteiger partial charge in [-0.15, -0.1) is 0 Å². The number of nitrogens with zero attached hydrogens (tertiary/aromatic N) is 1. The normalized spacial score (nSPS) is 13.4. The first kappa shape index (κ1) is 13.7. The van der Waals surface area contributed by atoms with Crippen LogP contribution in [0, 0.1) is 0 Å². The van der Waals surface area contributed by atoms with E-state index in [9.17, 15) is 4.79 Å². The van der Waals surface area contributed by atoms with Crippen molar-refractivity contribution in [2.45, 2.75) is 25.7 Å². The molecule has 2 rings (SSSR count). The summed E-state index contributed by atoms with van der Waals surface area (Å²) < 4.78 is 11.2. The third-order valence-electron chi connectivity index (χ3n) is 3.18. The van der Waals surface area contributed by atoms with E-state index in [1.54, 1.807) is 19.0 Å². The van der Waals surface area contributed by atoms with Gasteiger partial charge in [0, 0.05) is 20.5 Å². The fourth-order valence-electron chi connectivity index (χ4n) is 2.06. The zero-order chi connectivity index (χ0) is 13.7. The third-order valence-corrected chi connectivity index (χ3v) is 3.18. The molecule has 0 N–H and O–H groups in total. The minimum absolute atomic E-state index is 0.141. The Morgan fingerprint density at radius 2 is 2.26 bits per heavy atom. The van der Waals surface area contributed by atoms with E-state index in [4.69, 9.17) is 9.47 Å². The van der Waals surface area contributed by atoms with Gasteiger partial charge in [-0.25, -0.2) is 0 Å². The van der Waals surface area contributed by atoms with E-state index >= 15 is 0 Å². The molecule has 0 atom stereocenters. The topological polar surface area (TPSA) is 38.8 Å². The molecule has 4 heteroatoms. The number of amides is 1. The second-order valence-corrected chi connectivity index (χ2v) is 4.96. The quantitative estimate of drug-likeness (QED) is 0.765. The predicted molar refractivity (Wildman–Crippen MR) is 73.7 cm³/mol. The number of hydrogen-bond acceptors (Lipinski definition) is 3. The summed E-state index contributed by atoms with van der Waals surface area (Å²) in [5, 5.41) is 0. The van der Waals surface area contributed by atoms with Crippen LogP contribution in [0.3, 0.4) is 0 Å². The van der Waals surface area contributed by atoms with Gasteiger partial charge in [-0.3, -0.25) is 4.79 Å². The smallest absolute Gasteiger partial charge is 0.222 e. The molecule has 0 saturated carbocycles. The van der Waals surface area contributed by atoms with Gasteiger partial charge < -0.3 is 14.4 Å². The lowest BCUT2D eigenvalue weighted by Crippen LogP contribution is -2.21. The van der Waals surface area contributed by atoms with Crippen LogP contribution in [0.15, 0.2) is 18.2 Å². The molecular weight excluding hydrogens is 242 g/mol. The maximum Gasteiger partial charge on any atom is 0.222 e. The summed E-state index contributed by atoms with van der Waals surface area (Å²) in [5.74, 6) is 1.98. The monoisotopic (exact) mass is 263 g/mol. The van der Waals surface area contributed by atoms with Crippen molar-refractivity contribution in [3.05, 3.63) is 23.8 Å². The molecule has 4 nitrogen and oxygen atoms in total. The Morgan fingerprint density at radius 3 is 3.05 bits per heavy atom. The number of hydrogen-bond donors (Lipinski definition) is 0. The molecule has 1 amide bonds. The van der Waals surface area contributed by atoms with Crippen LogP contribution < -0.4 is 9.47 Å². The number of carbonyl (C=O) groups excluding carboxylic acids is 1. The molecule has 1 aromatic rings. The highest BCUT2D eigenvalue weighted by Crippen LogP contribution is 2.28. The molecule has 0 aromatic heterocycles. The lowest BCUT2D eigenvalue weighted by Gasteiger charge is -2.18. The molecule has 0 spiro atoms. The minimum Gasteiger partial charge on any atom is -0.494 e. The summed E-state index contributed by atoms with van der Waals surface area (Å²) in [4.78, 5) is 13.0. The number of aryl methyl sites for hydroxylation is 1. The Morgan fingerprint density at radius 1 is 1.42 bits per heavy atom. The third kappa shape index (κ3) is 3.88. The van der Waals surface area contributed by atoms with Crippen LogP contribution in [0.25, 0.3) is 0 Å². The number of rotatable bonds is 5. The highest BCUT2D eigenvalue weighted by Gasteiger charge is 2.11. The predicted octanol–water partition coefficient (Wildman–Crippen LogP) is 2.26. The summed E-state index contributed by atoms with van der Waals surface area (Å²) in [7, 11) is 3.54. The van der Waals surface area contributed by atoms with E-state index in [0.717, 1.165) is 37.4 Å². The summed E-state index contributed by atoms with van der Waals surface area (Å²) in [6.45, 7) is 1.37. The zero-order valence-electron chi connectivity index (χ0n) is 11.6. The number of benzene rings is 1. The Bertz CT molecular complexity index is 443. The Kier molecular flexibility index (Phi) is 4.66. The summed E-state index contributed by atoms with van der Waals surface area (Å²) in [6.07, 6.45) is 3.38. The molecule has 0 bridgehead atoms. The van der Waals surface area contributed by atoms with Gasteiger partial charge in [0.25, 0.3) is 0 Å². The van der Waals surface area contributed by atoms with Crippen LogP contribution in [-0.4, -0.2) is 38.1 Å². The fourth-order valence-corrected chi connectivity index (χ4v) is 2.06. The molecular formula is C15H21NO3. The standard InChI is InChI=1S/C15H21NO3/c1-16(2)15(17)6-4-9-18-13-7-8-14-12(11-13)5-3-10-19-14/h7-8,11H,3-6,9-10H2,1-2H3. The Hall–Kier alpha value is -1.71. The lowest BCUT2D eigenvalue weighted by molar-refractivity contribution is -0.128. The van der Waals surface area contributed by atoms with Crippen molar-refractivity contribution in [1.82, 2.24) is 4.90 Å². The molecule has 0 radical (unpaired) electrons. The van der Waals surface area contributed by atoms with Crippen molar-refractivity contribution in [1.29, 1.82) is 0 Å². The van der Waals surface area contributed by atoms with Crippen LogP contribution in [0.5, 0.6) is 11.5 Å². The molecule has 1 aromatic carbocycles. The second-order valence-electron chi connectivity index (χ2n) is 4.96. The summed E-state index contributed by atoms with van der Waals surface area (Å²) in [6, 6.07) is 5.94. The number of fused-ring (bicyclic) bond motifs is 1. The van der Waals surface area contributed by atoms with Crippen LogP contribution in [0.4, 0.5) is 0 Å². The first-order valence-corrected chi connectivity index (χ1v) is 6.75. The molecule has 1 heterocycles. The first-order chi connectivity index (χ1) is 9.16. The molecule has 104 valence electrons. The van der Waals surface area contributed by atoms with Gasteiger partial charge in [-0.1, -0.05) is 0 Å². The Labute approximate surface area is 114 Å². The van der Waals surface area contributed by atoms with Gasteiger partial charge in [0.1, 0.15) is 11.5 Å². The maximum absolute atomic E-state index is 11.4. The van der Waals surface area contributed by atoms with E-state index in [0.29, 0.717) is 13.0 Å². The highest BCUT2D eigenvalue weighted by molar-refractivity contribution is 5.75. The highest BCUT2D eigenvalue weighted by atomic mass is 16.5. The summed E-state index contributed by atoms with van der Waals surface area (Å²) in [5.41, 5.74) is 1.22. The molecule has 0 saturated heterocycles. The van der Waals surface area contributed by atoms with E-state index in [2.05, 4.69) is 0 Å². The van der Waals surface area contributed by atoms with Gasteiger partial charge >= 0.3 is 0 Å². The minimum atomic E-state index is 0.141. The van der Waals surface area contributed by atoms with Crippen molar-refractivity contribution < 1.29 is 14.3 Å². The van der Waals surface area contributed by atoms with E-state index in [-0.39, 0.29) is 5.91 Å². The van der Waals surface area contributed by atoms with Crippen LogP contribution in [-0.2, 0) is 11.2 Å². The van der Waals surface area contributed by atoms with Gasteiger partial charge in [-0.2, -0.15) is 0 Å². The SMILES string of the molecule is CN(C)C(=O)CCCOc1ccc2c(c1)CCCO2. The first-order valence-electron chi connectivity index (χ1n) is 6.75. The van der Waals surface area contributed by atoms with E-state index < -0.39 is 0 Å². The molecule has 1 aliphatic heterocycles. The Balaban J connectivity index is 1.79. The van der Waals surface area contributed by atoms with Crippen LogP contribution in [0.2, 0.25) is 0 Å². The molecule has 0 unspecified atom stereocenters. The lowest BCUT2D eigenvalue weighted by atomic mass is 10.1. The van der Waals surface area contributed by atoms with Gasteiger partial charge in [0.05, 0.1) is 13.2 Å². The molecule has 0 fully saturated rings. The number of carbonyl (C=O) groups is 1. The van der Waals surface area contributed by atoms with Gasteiger partial charge in [0.2, 0.25) is 5.91 Å². The van der Waals surface area contributed by atoms with Crippen molar-refractivity contribution in [2.24, 2.45) is 0 Å². The van der Waals surface area contributed by atoms with Crippen molar-refractivity contribution in [3.8, 4) is 11.5 Å². The average Bonchev–Trinajstić information content (AvgIpc) is 2.43. The summed E-state index contributed by atoms with van der Waals surface area (Å²) >= 11 is 0. The van der Waals surface area contributed by atoms with Crippen molar-refractivity contribution in [3.63, 3.8) is 0 Å². The molecule has 19 heavy (non-hydrogen) atoms. The number of ether oxygens (including phenoxy) is 2. The fraction of sp³-hybridized carbons (Fsp3) is 0.533. The maximum atomic E-state index is 11.4. The zero-order valence-corrected chi connectivity index (χ0v) is 11.6. The van der Waals surface area contributed by atoms with E-state index in [1.807, 2.05) is 18.2 Å². The van der Waals surface area contributed by atoms with Crippen LogP contribution in [0.1, 0.15) is 24.8 Å². The largest absolute Gasteiger partial charge is 0.494 e. The average molecular weight is 263 g/mol. The van der Waals surface area contributed by atoms with Crippen molar-refractivity contribution in [2.75, 3.05) is 27.3 Å². The second kappa shape index (κ2) is 6.45. The molecule has 0 aliphatic carbocycles. The van der Waals surface area contributed by atoms with E-state index in [1.165, 1.54) is 5.56 Å². The van der Waals surface area contributed by atoms with Crippen LogP contribution >= 0.6 is 0 Å². The van der Waals surface area contributed by atoms with Gasteiger partial charge in [0.15, 0.2) is 0 Å². The van der Waals surface area contributed by atoms with Crippen molar-refractivity contribution >= 4 is 5.91 Å².